The number of Topliss-reactive ketones (excluding diaryl/α,β-unsaturated/α-hetero) is 1. The Balaban J connectivity index is 1.55. The van der Waals surface area contributed by atoms with Crippen LogP contribution in [0.3, 0.4) is 0 Å². The molecule has 0 saturated heterocycles. The molecule has 0 N–H and O–H groups in total. The van der Waals surface area contributed by atoms with Gasteiger partial charge in [0.05, 0.1) is 14.2 Å². The van der Waals surface area contributed by atoms with Crippen LogP contribution in [0.1, 0.15) is 48.3 Å². The molecule has 1 heterocycles. The van der Waals surface area contributed by atoms with Gasteiger partial charge in [0.25, 0.3) is 0 Å². The Kier molecular flexibility index (Phi) is 7.40. The molecule has 38 heavy (non-hydrogen) atoms. The first kappa shape index (κ1) is 25.5. The van der Waals surface area contributed by atoms with Crippen LogP contribution in [-0.4, -0.2) is 31.7 Å². The van der Waals surface area contributed by atoms with Gasteiger partial charge in [-0.15, -0.1) is 0 Å². The molecule has 6 nitrogen and oxygen atoms in total. The lowest BCUT2D eigenvalue weighted by molar-refractivity contribution is -0.148. The average Bonchev–Trinajstić information content (AvgIpc) is 2.95. The van der Waals surface area contributed by atoms with E-state index < -0.39 is 17.8 Å². The zero-order valence-electron chi connectivity index (χ0n) is 21.8. The summed E-state index contributed by atoms with van der Waals surface area (Å²) in [6.07, 6.45) is 1.00. The monoisotopic (exact) mass is 509 g/mol. The molecule has 0 saturated carbocycles. The number of esters is 1. The SMILES string of the molecule is COc1ccc([C@@H]2C3=C(C[C@H](c4ccccc4)CC3=O)N=C(C)C2C(=O)OCc2ccccc2)cc1OC. The zero-order chi connectivity index (χ0) is 26.6. The molecular formula is C32H31NO5. The number of nitrogens with zero attached hydrogens (tertiary/aromatic N) is 1. The number of benzene rings is 3. The minimum Gasteiger partial charge on any atom is -0.493 e. The van der Waals surface area contributed by atoms with E-state index in [1.807, 2.05) is 73.7 Å². The van der Waals surface area contributed by atoms with Gasteiger partial charge in [-0.3, -0.25) is 14.6 Å². The number of carbonyl (C=O) groups is 2. The first-order valence-corrected chi connectivity index (χ1v) is 12.8. The van der Waals surface area contributed by atoms with Gasteiger partial charge in [-0.25, -0.2) is 0 Å². The molecular weight excluding hydrogens is 478 g/mol. The summed E-state index contributed by atoms with van der Waals surface area (Å²) in [5.41, 5.74) is 4.79. The van der Waals surface area contributed by atoms with E-state index in [-0.39, 0.29) is 18.3 Å². The molecule has 194 valence electrons. The Hall–Kier alpha value is -4.19. The lowest BCUT2D eigenvalue weighted by atomic mass is 9.69. The predicted molar refractivity (Wildman–Crippen MR) is 146 cm³/mol. The standard InChI is InChI=1S/C32H31NO5/c1-20-29(32(35)38-19-21-10-6-4-7-11-21)30(23-14-15-27(36-2)28(18-23)37-3)31-25(33-20)16-24(17-26(31)34)22-12-8-5-9-13-22/h4-15,18,24,29-30H,16-17,19H2,1-3H3/t24-,29?,30-/m0/s1. The van der Waals surface area contributed by atoms with Crippen LogP contribution in [0.2, 0.25) is 0 Å². The van der Waals surface area contributed by atoms with Gasteiger partial charge in [-0.2, -0.15) is 0 Å². The van der Waals surface area contributed by atoms with Crippen molar-refractivity contribution in [3.8, 4) is 11.5 Å². The fraction of sp³-hybridized carbons (Fsp3) is 0.281. The lowest BCUT2D eigenvalue weighted by Gasteiger charge is -2.36. The van der Waals surface area contributed by atoms with E-state index in [2.05, 4.69) is 12.1 Å². The molecule has 0 spiro atoms. The maximum Gasteiger partial charge on any atom is 0.315 e. The highest BCUT2D eigenvalue weighted by atomic mass is 16.5. The van der Waals surface area contributed by atoms with Gasteiger partial charge in [0.1, 0.15) is 12.5 Å². The van der Waals surface area contributed by atoms with Crippen molar-refractivity contribution in [3.05, 3.63) is 107 Å². The zero-order valence-corrected chi connectivity index (χ0v) is 21.8. The highest BCUT2D eigenvalue weighted by molar-refractivity contribution is 6.09. The van der Waals surface area contributed by atoms with Gasteiger partial charge in [-0.05, 0) is 48.1 Å². The number of ether oxygens (including phenoxy) is 3. The van der Waals surface area contributed by atoms with E-state index in [1.54, 1.807) is 14.2 Å². The van der Waals surface area contributed by atoms with Gasteiger partial charge in [0.15, 0.2) is 17.3 Å². The second-order valence-corrected chi connectivity index (χ2v) is 9.72. The topological polar surface area (TPSA) is 74.2 Å². The van der Waals surface area contributed by atoms with Crippen LogP contribution in [0.25, 0.3) is 0 Å². The van der Waals surface area contributed by atoms with Crippen LogP contribution in [0.4, 0.5) is 0 Å². The second kappa shape index (κ2) is 11.1. The van der Waals surface area contributed by atoms with Crippen molar-refractivity contribution in [1.29, 1.82) is 0 Å². The fourth-order valence-electron chi connectivity index (χ4n) is 5.55. The maximum atomic E-state index is 13.8. The van der Waals surface area contributed by atoms with Crippen molar-refractivity contribution in [2.45, 2.75) is 38.2 Å². The van der Waals surface area contributed by atoms with Gasteiger partial charge in [0.2, 0.25) is 0 Å². The molecule has 0 amide bonds. The Morgan fingerprint density at radius 2 is 1.55 bits per heavy atom. The largest absolute Gasteiger partial charge is 0.493 e. The molecule has 0 bridgehead atoms. The van der Waals surface area contributed by atoms with Gasteiger partial charge < -0.3 is 14.2 Å². The van der Waals surface area contributed by atoms with E-state index in [0.717, 1.165) is 22.4 Å². The molecule has 1 aliphatic heterocycles. The van der Waals surface area contributed by atoms with E-state index in [1.165, 1.54) is 0 Å². The van der Waals surface area contributed by atoms with Crippen LogP contribution in [-0.2, 0) is 20.9 Å². The van der Waals surface area contributed by atoms with Crippen LogP contribution in [0, 0.1) is 5.92 Å². The third-order valence-corrected chi connectivity index (χ3v) is 7.40. The summed E-state index contributed by atoms with van der Waals surface area (Å²) < 4.78 is 16.8. The van der Waals surface area contributed by atoms with Crippen molar-refractivity contribution < 1.29 is 23.8 Å². The smallest absolute Gasteiger partial charge is 0.315 e. The third-order valence-electron chi connectivity index (χ3n) is 7.40. The number of aliphatic imine (C=N–C) groups is 1. The molecule has 3 aromatic carbocycles. The molecule has 3 aromatic rings. The Morgan fingerprint density at radius 3 is 2.24 bits per heavy atom. The van der Waals surface area contributed by atoms with E-state index >= 15 is 0 Å². The van der Waals surface area contributed by atoms with Crippen molar-refractivity contribution in [2.75, 3.05) is 14.2 Å². The first-order valence-electron chi connectivity index (χ1n) is 12.8. The number of ketones is 1. The number of hydrogen-bond acceptors (Lipinski definition) is 6. The molecule has 0 fully saturated rings. The summed E-state index contributed by atoms with van der Waals surface area (Å²) in [6.45, 7) is 2.00. The van der Waals surface area contributed by atoms with Crippen LogP contribution >= 0.6 is 0 Å². The third kappa shape index (κ3) is 4.99. The Bertz CT molecular complexity index is 1390. The number of allylic oxidation sites excluding steroid dienone is 2. The molecule has 0 aromatic heterocycles. The second-order valence-electron chi connectivity index (χ2n) is 9.72. The van der Waals surface area contributed by atoms with E-state index in [4.69, 9.17) is 19.2 Å². The van der Waals surface area contributed by atoms with Gasteiger partial charge >= 0.3 is 5.97 Å². The summed E-state index contributed by atoms with van der Waals surface area (Å²) in [5.74, 6) is -0.492. The van der Waals surface area contributed by atoms with E-state index in [9.17, 15) is 9.59 Å². The quantitative estimate of drug-likeness (QED) is 0.364. The Morgan fingerprint density at radius 1 is 0.868 bits per heavy atom. The number of hydrogen-bond donors (Lipinski definition) is 0. The van der Waals surface area contributed by atoms with Gasteiger partial charge in [-0.1, -0.05) is 66.7 Å². The molecule has 0 radical (unpaired) electrons. The molecule has 6 heteroatoms. The van der Waals surface area contributed by atoms with Crippen molar-refractivity contribution >= 4 is 17.5 Å². The van der Waals surface area contributed by atoms with Crippen LogP contribution in [0.15, 0.2) is 95.1 Å². The van der Waals surface area contributed by atoms with Crippen molar-refractivity contribution in [3.63, 3.8) is 0 Å². The van der Waals surface area contributed by atoms with Crippen LogP contribution in [0.5, 0.6) is 11.5 Å². The molecule has 1 unspecified atom stereocenters. The van der Waals surface area contributed by atoms with Crippen molar-refractivity contribution in [1.82, 2.24) is 0 Å². The molecule has 3 atom stereocenters. The highest BCUT2D eigenvalue weighted by Crippen LogP contribution is 2.48. The molecule has 5 rings (SSSR count). The number of rotatable bonds is 7. The first-order chi connectivity index (χ1) is 18.5. The highest BCUT2D eigenvalue weighted by Gasteiger charge is 2.45. The number of carbonyl (C=O) groups excluding carboxylic acids is 2. The van der Waals surface area contributed by atoms with Crippen LogP contribution < -0.4 is 9.47 Å². The average molecular weight is 510 g/mol. The maximum absolute atomic E-state index is 13.8. The van der Waals surface area contributed by atoms with Gasteiger partial charge in [0, 0.05) is 29.3 Å². The summed E-state index contributed by atoms with van der Waals surface area (Å²) >= 11 is 0. The normalized spacial score (nSPS) is 20.9. The summed E-state index contributed by atoms with van der Waals surface area (Å²) in [7, 11) is 3.15. The summed E-state index contributed by atoms with van der Waals surface area (Å²) in [5, 5.41) is 0. The summed E-state index contributed by atoms with van der Waals surface area (Å²) in [6, 6.07) is 25.2. The fourth-order valence-corrected chi connectivity index (χ4v) is 5.55. The number of methoxy groups -OCH3 is 2. The van der Waals surface area contributed by atoms with Crippen molar-refractivity contribution in [2.24, 2.45) is 10.9 Å². The minimum atomic E-state index is -0.729. The summed E-state index contributed by atoms with van der Waals surface area (Å²) in [4.78, 5) is 32.3. The molecule has 1 aliphatic carbocycles. The minimum absolute atomic E-state index is 0.0111. The lowest BCUT2D eigenvalue weighted by Crippen LogP contribution is -2.38. The Labute approximate surface area is 223 Å². The predicted octanol–water partition coefficient (Wildman–Crippen LogP) is 6.02. The van der Waals surface area contributed by atoms with E-state index in [0.29, 0.717) is 35.6 Å². The molecule has 2 aliphatic rings.